The molecule has 0 amide bonds. The third-order valence-corrected chi connectivity index (χ3v) is 8.81. The van der Waals surface area contributed by atoms with Crippen LogP contribution in [0.1, 0.15) is 52.7 Å². The SMILES string of the molecule is CCC(Cc1cn(CC=C(C)CCC=C(C)C)nn1)(P(=O)([O-])[O-])P(=O)([O-])[O-].[Na+].[Na+].[Na+].[Na+]. The van der Waals surface area contributed by atoms with Crippen molar-refractivity contribution in [3.63, 3.8) is 0 Å². The minimum atomic E-state index is -5.72. The van der Waals surface area contributed by atoms with Gasteiger partial charge in [-0.1, -0.05) is 50.6 Å². The summed E-state index contributed by atoms with van der Waals surface area (Å²) in [6, 6.07) is 0. The first kappa shape index (κ1) is 41.1. The second kappa shape index (κ2) is 18.2. The van der Waals surface area contributed by atoms with E-state index < -0.39 is 32.9 Å². The van der Waals surface area contributed by atoms with Gasteiger partial charge < -0.3 is 28.7 Å². The van der Waals surface area contributed by atoms with Crippen LogP contribution in [0.4, 0.5) is 0 Å². The first-order chi connectivity index (χ1) is 12.3. The predicted octanol–water partition coefficient (Wildman–Crippen LogP) is -11.5. The van der Waals surface area contributed by atoms with Crippen LogP contribution in [0.5, 0.6) is 0 Å². The summed E-state index contributed by atoms with van der Waals surface area (Å²) >= 11 is 0. The topological polar surface area (TPSA) is 157 Å². The van der Waals surface area contributed by atoms with Crippen molar-refractivity contribution in [1.29, 1.82) is 0 Å². The average Bonchev–Trinajstić information content (AvgIpc) is 2.95. The Bertz CT molecular complexity index is 781. The number of rotatable bonds is 10. The van der Waals surface area contributed by atoms with Crippen molar-refractivity contribution in [2.24, 2.45) is 0 Å². The summed E-state index contributed by atoms with van der Waals surface area (Å²) in [5.74, 6) is 0. The van der Waals surface area contributed by atoms with Gasteiger partial charge >= 0.3 is 118 Å². The Kier molecular flexibility index (Phi) is 24.1. The molecular weight excluding hydrogens is 484 g/mol. The molecule has 1 rings (SSSR count). The molecule has 0 aliphatic rings. The van der Waals surface area contributed by atoms with Crippen LogP contribution in [0, 0.1) is 0 Å². The van der Waals surface area contributed by atoms with Crippen LogP contribution in [0.15, 0.2) is 29.5 Å². The molecule has 15 heteroatoms. The van der Waals surface area contributed by atoms with E-state index in [1.54, 1.807) is 0 Å². The summed E-state index contributed by atoms with van der Waals surface area (Å²) in [6.45, 7) is 7.55. The van der Waals surface area contributed by atoms with Crippen molar-refractivity contribution in [3.05, 3.63) is 35.2 Å². The van der Waals surface area contributed by atoms with Crippen molar-refractivity contribution in [3.8, 4) is 0 Å². The first-order valence-electron chi connectivity index (χ1n) is 8.54. The molecule has 0 fully saturated rings. The molecular formula is C16H25N3Na4O6P2. The molecule has 0 aliphatic carbocycles. The predicted molar refractivity (Wildman–Crippen MR) is 94.4 cm³/mol. The Morgan fingerprint density at radius 2 is 1.55 bits per heavy atom. The van der Waals surface area contributed by atoms with Gasteiger partial charge in [0, 0.05) is 17.5 Å². The van der Waals surface area contributed by atoms with Gasteiger partial charge in [-0.3, -0.25) is 0 Å². The molecule has 0 aliphatic heterocycles. The van der Waals surface area contributed by atoms with Crippen LogP contribution in [0.25, 0.3) is 0 Å². The minimum Gasteiger partial charge on any atom is -0.810 e. The Morgan fingerprint density at radius 1 is 1.03 bits per heavy atom. The zero-order chi connectivity index (χ0) is 20.9. The molecule has 1 aromatic rings. The van der Waals surface area contributed by atoms with Crippen molar-refractivity contribution in [2.75, 3.05) is 0 Å². The molecule has 0 atom stereocenters. The van der Waals surface area contributed by atoms with Gasteiger partial charge in [-0.2, -0.15) is 0 Å². The number of aromatic nitrogens is 3. The standard InChI is InChI=1S/C16H29N3O6P2.4Na/c1-5-16(26(20,21)22,27(23,24)25)11-15-12-19(18-17-15)10-9-14(4)8-6-7-13(2)3;;;;/h7,9,12H,5-6,8,10-11H2,1-4H3,(H2,20,21,22)(H2,23,24,25);;;;/q;4*+1/p-4. The molecule has 1 aromatic heterocycles. The van der Waals surface area contributed by atoms with E-state index in [-0.39, 0.29) is 124 Å². The Morgan fingerprint density at radius 3 is 1.97 bits per heavy atom. The average molecular weight is 509 g/mol. The maximum absolute atomic E-state index is 11.5. The smallest absolute Gasteiger partial charge is 0.810 e. The number of hydrogen-bond acceptors (Lipinski definition) is 8. The Balaban J connectivity index is -0.000000911. The molecule has 1 heterocycles. The van der Waals surface area contributed by atoms with E-state index in [1.807, 2.05) is 26.8 Å². The molecule has 0 spiro atoms. The number of hydrogen-bond donors (Lipinski definition) is 0. The molecule has 0 unspecified atom stereocenters. The summed E-state index contributed by atoms with van der Waals surface area (Å²) in [7, 11) is -11.4. The van der Waals surface area contributed by atoms with E-state index in [0.717, 1.165) is 18.4 Å². The van der Waals surface area contributed by atoms with Gasteiger partial charge in [0.05, 0.1) is 12.2 Å². The van der Waals surface area contributed by atoms with E-state index in [2.05, 4.69) is 16.4 Å². The number of allylic oxidation sites excluding steroid dienone is 4. The minimum absolute atomic E-state index is 0. The van der Waals surface area contributed by atoms with Crippen molar-refractivity contribution in [2.45, 2.75) is 64.8 Å². The second-order valence-electron chi connectivity index (χ2n) is 6.81. The summed E-state index contributed by atoms with van der Waals surface area (Å²) in [4.78, 5) is 43.2. The van der Waals surface area contributed by atoms with Gasteiger partial charge in [-0.05, 0) is 40.0 Å². The van der Waals surface area contributed by atoms with Gasteiger partial charge in [-0.15, -0.1) is 5.10 Å². The molecule has 9 nitrogen and oxygen atoms in total. The third kappa shape index (κ3) is 13.2. The fraction of sp³-hybridized carbons (Fsp3) is 0.625. The van der Waals surface area contributed by atoms with Gasteiger partial charge in [0.2, 0.25) is 0 Å². The second-order valence-corrected chi connectivity index (χ2v) is 10.9. The van der Waals surface area contributed by atoms with E-state index in [4.69, 9.17) is 0 Å². The fourth-order valence-electron chi connectivity index (χ4n) is 2.59. The Hall–Kier alpha value is 2.92. The van der Waals surface area contributed by atoms with Crippen LogP contribution in [-0.4, -0.2) is 19.9 Å². The molecule has 0 aromatic carbocycles. The van der Waals surface area contributed by atoms with E-state index >= 15 is 0 Å². The zero-order valence-corrected chi connectivity index (χ0v) is 29.7. The Labute approximate surface area is 273 Å². The molecule has 0 N–H and O–H groups in total. The summed E-state index contributed by atoms with van der Waals surface area (Å²) in [5, 5.41) is 7.52. The summed E-state index contributed by atoms with van der Waals surface area (Å²) < 4.78 is 24.5. The van der Waals surface area contributed by atoms with Crippen LogP contribution < -0.4 is 138 Å². The molecule has 0 bridgehead atoms. The summed E-state index contributed by atoms with van der Waals surface area (Å²) in [5.41, 5.74) is 2.33. The van der Waals surface area contributed by atoms with E-state index in [1.165, 1.54) is 23.4 Å². The molecule has 154 valence electrons. The van der Waals surface area contributed by atoms with Crippen molar-refractivity contribution >= 4 is 15.2 Å². The maximum atomic E-state index is 11.5. The molecule has 0 saturated carbocycles. The van der Waals surface area contributed by atoms with Gasteiger partial charge in [0.1, 0.15) is 0 Å². The number of nitrogens with zero attached hydrogens (tertiary/aromatic N) is 3. The zero-order valence-electron chi connectivity index (χ0n) is 20.0. The van der Waals surface area contributed by atoms with Gasteiger partial charge in [-0.25, -0.2) is 4.68 Å². The molecule has 0 radical (unpaired) electrons. The van der Waals surface area contributed by atoms with Crippen molar-refractivity contribution in [1.82, 2.24) is 15.0 Å². The maximum Gasteiger partial charge on any atom is 1.00 e. The van der Waals surface area contributed by atoms with Crippen LogP contribution >= 0.6 is 15.2 Å². The van der Waals surface area contributed by atoms with Crippen LogP contribution in [-0.2, 0) is 22.1 Å². The van der Waals surface area contributed by atoms with Gasteiger partial charge in [0.25, 0.3) is 0 Å². The molecule has 31 heavy (non-hydrogen) atoms. The quantitative estimate of drug-likeness (QED) is 0.171. The van der Waals surface area contributed by atoms with E-state index in [9.17, 15) is 28.7 Å². The van der Waals surface area contributed by atoms with Crippen LogP contribution in [0.2, 0.25) is 0 Å². The largest absolute Gasteiger partial charge is 1.00 e. The van der Waals surface area contributed by atoms with Crippen molar-refractivity contribution < 1.29 is 147 Å². The van der Waals surface area contributed by atoms with E-state index in [0.29, 0.717) is 6.54 Å². The monoisotopic (exact) mass is 509 g/mol. The van der Waals surface area contributed by atoms with Gasteiger partial charge in [0.15, 0.2) is 0 Å². The third-order valence-electron chi connectivity index (χ3n) is 4.35. The fourth-order valence-corrected chi connectivity index (χ4v) is 5.28. The first-order valence-corrected chi connectivity index (χ1v) is 11.6. The molecule has 0 saturated heterocycles. The normalized spacial score (nSPS) is 11.9. The van der Waals surface area contributed by atoms with Crippen LogP contribution in [0.3, 0.4) is 0 Å². The summed E-state index contributed by atoms with van der Waals surface area (Å²) in [6.07, 6.45) is 5.73.